The van der Waals surface area contributed by atoms with Crippen molar-refractivity contribution in [1.82, 2.24) is 10.2 Å². The van der Waals surface area contributed by atoms with E-state index in [9.17, 15) is 10.1 Å². The van der Waals surface area contributed by atoms with Crippen LogP contribution < -0.4 is 15.0 Å². The van der Waals surface area contributed by atoms with Crippen LogP contribution in [-0.4, -0.2) is 102 Å². The number of likely N-dealkylation sites (N-methyl/N-ethyl adjacent to an activating group) is 1. The molecule has 1 saturated heterocycles. The zero-order chi connectivity index (χ0) is 30.3. The molecule has 5 rings (SSSR count). The lowest BCUT2D eigenvalue weighted by Crippen LogP contribution is -2.58. The minimum absolute atomic E-state index is 0.0398. The third kappa shape index (κ3) is 6.87. The highest BCUT2D eigenvalue weighted by Gasteiger charge is 2.57. The largest absolute Gasteiger partial charge is 0.462 e. The van der Waals surface area contributed by atoms with Gasteiger partial charge < -0.3 is 33.9 Å². The lowest BCUT2D eigenvalue weighted by atomic mass is 9.76. The molecule has 2 aromatic carbocycles. The first-order chi connectivity index (χ1) is 20.8. The molecule has 1 fully saturated rings. The smallest absolute Gasteiger partial charge is 0.270 e. The molecule has 0 amide bonds. The molecule has 0 aliphatic carbocycles. The number of para-hydroxylation sites is 1. The van der Waals surface area contributed by atoms with E-state index in [0.29, 0.717) is 83.8 Å². The second kappa shape index (κ2) is 14.1. The molecule has 234 valence electrons. The van der Waals surface area contributed by atoms with Crippen LogP contribution in [0.1, 0.15) is 30.5 Å². The van der Waals surface area contributed by atoms with Crippen molar-refractivity contribution in [2.75, 3.05) is 91.0 Å². The number of nitrogens with zero attached hydrogens (tertiary/aromatic N) is 3. The molecule has 11 nitrogen and oxygen atoms in total. The van der Waals surface area contributed by atoms with Gasteiger partial charge in [0.1, 0.15) is 5.75 Å². The Balaban J connectivity index is 1.38. The number of non-ortho nitro benzene ring substituents is 1. The zero-order valence-electron chi connectivity index (χ0n) is 25.5. The minimum atomic E-state index is -0.788. The van der Waals surface area contributed by atoms with Crippen molar-refractivity contribution in [1.29, 1.82) is 0 Å². The molecule has 2 aromatic rings. The van der Waals surface area contributed by atoms with Crippen molar-refractivity contribution in [3.63, 3.8) is 0 Å². The van der Waals surface area contributed by atoms with Gasteiger partial charge in [-0.3, -0.25) is 15.0 Å². The van der Waals surface area contributed by atoms with Crippen molar-refractivity contribution in [3.05, 3.63) is 69.3 Å². The molecule has 3 heterocycles. The van der Waals surface area contributed by atoms with Gasteiger partial charge in [0.15, 0.2) is 0 Å². The number of benzene rings is 2. The van der Waals surface area contributed by atoms with E-state index in [-0.39, 0.29) is 16.0 Å². The Morgan fingerprint density at radius 1 is 0.907 bits per heavy atom. The minimum Gasteiger partial charge on any atom is -0.462 e. The third-order valence-electron chi connectivity index (χ3n) is 8.56. The summed E-state index contributed by atoms with van der Waals surface area (Å²) in [6, 6.07) is 11.6. The fourth-order valence-corrected chi connectivity index (χ4v) is 6.12. The van der Waals surface area contributed by atoms with E-state index in [0.717, 1.165) is 24.3 Å². The van der Waals surface area contributed by atoms with Crippen LogP contribution in [-0.2, 0) is 30.9 Å². The molecule has 0 radical (unpaired) electrons. The van der Waals surface area contributed by atoms with Gasteiger partial charge in [-0.25, -0.2) is 0 Å². The molecule has 1 spiro atoms. The summed E-state index contributed by atoms with van der Waals surface area (Å²) in [5.41, 5.74) is 2.63. The number of rotatable bonds is 3. The molecular weight excluding hydrogens is 552 g/mol. The monoisotopic (exact) mass is 596 g/mol. The van der Waals surface area contributed by atoms with E-state index >= 15 is 0 Å². The molecule has 43 heavy (non-hydrogen) atoms. The fraction of sp³-hybridized carbons (Fsp3) is 0.562. The number of fused-ring (bicyclic) bond motifs is 2. The average Bonchev–Trinajstić information content (AvgIpc) is 3.16. The topological polar surface area (TPSA) is 108 Å². The van der Waals surface area contributed by atoms with E-state index < -0.39 is 5.72 Å². The number of nitro benzene ring substituents is 1. The maximum Gasteiger partial charge on any atom is 0.270 e. The van der Waals surface area contributed by atoms with Gasteiger partial charge in [0, 0.05) is 68.7 Å². The quantitative estimate of drug-likeness (QED) is 0.417. The van der Waals surface area contributed by atoms with Gasteiger partial charge in [-0.2, -0.15) is 0 Å². The molecular formula is C32H44N4O7. The summed E-state index contributed by atoms with van der Waals surface area (Å²) in [5, 5.41) is 15.2. The first kappa shape index (κ1) is 31.4. The van der Waals surface area contributed by atoms with Gasteiger partial charge in [0.25, 0.3) is 5.69 Å². The zero-order valence-corrected chi connectivity index (χ0v) is 25.5. The molecule has 1 atom stereocenters. The highest BCUT2D eigenvalue weighted by molar-refractivity contribution is 5.73. The van der Waals surface area contributed by atoms with Crippen LogP contribution in [0.25, 0.3) is 6.08 Å². The summed E-state index contributed by atoms with van der Waals surface area (Å²) in [6.07, 6.45) is 4.02. The molecule has 3 aliphatic rings. The lowest BCUT2D eigenvalue weighted by Gasteiger charge is -2.46. The highest BCUT2D eigenvalue weighted by atomic mass is 16.6. The van der Waals surface area contributed by atoms with Crippen molar-refractivity contribution in [2.24, 2.45) is 0 Å². The van der Waals surface area contributed by atoms with Crippen LogP contribution in [0.4, 0.5) is 11.4 Å². The summed E-state index contributed by atoms with van der Waals surface area (Å²) in [7, 11) is 2.04. The summed E-state index contributed by atoms with van der Waals surface area (Å²) < 4.78 is 30.0. The van der Waals surface area contributed by atoms with Crippen molar-refractivity contribution in [2.45, 2.75) is 31.5 Å². The Hall–Kier alpha value is -3.06. The fourth-order valence-electron chi connectivity index (χ4n) is 6.12. The maximum atomic E-state index is 11.9. The number of nitrogens with one attached hydrogen (secondary N) is 1. The molecule has 11 heteroatoms. The average molecular weight is 597 g/mol. The van der Waals surface area contributed by atoms with Crippen LogP contribution in [0.2, 0.25) is 0 Å². The van der Waals surface area contributed by atoms with Gasteiger partial charge in [0.05, 0.1) is 63.2 Å². The number of anilines is 1. The lowest BCUT2D eigenvalue weighted by molar-refractivity contribution is -0.385. The van der Waals surface area contributed by atoms with E-state index in [4.69, 9.17) is 23.7 Å². The Bertz CT molecular complexity index is 1270. The molecule has 0 saturated carbocycles. The SMILES string of the molecule is CN1c2ccccc2C(C)(C)C12C=Cc1cc([N+](=O)[O-])cc(CN3CCOCCOCCNCCOCCOCC3)c1O2. The van der Waals surface area contributed by atoms with Gasteiger partial charge in [-0.1, -0.05) is 18.2 Å². The van der Waals surface area contributed by atoms with Gasteiger partial charge in [0.2, 0.25) is 5.72 Å². The molecule has 1 unspecified atom stereocenters. The number of nitro groups is 1. The number of hydrogen-bond donors (Lipinski definition) is 1. The Morgan fingerprint density at radius 2 is 1.53 bits per heavy atom. The van der Waals surface area contributed by atoms with E-state index in [1.165, 1.54) is 5.56 Å². The molecule has 3 aliphatic heterocycles. The van der Waals surface area contributed by atoms with Crippen LogP contribution in [0.5, 0.6) is 5.75 Å². The van der Waals surface area contributed by atoms with Gasteiger partial charge in [-0.05, 0) is 37.6 Å². The van der Waals surface area contributed by atoms with Crippen LogP contribution in [0.3, 0.4) is 0 Å². The predicted molar refractivity (Wildman–Crippen MR) is 165 cm³/mol. The Kier molecular flexibility index (Phi) is 10.3. The summed E-state index contributed by atoms with van der Waals surface area (Å²) in [5.74, 6) is 0.664. The normalized spacial score (nSPS) is 24.0. The first-order valence-corrected chi connectivity index (χ1v) is 15.1. The second-order valence-electron chi connectivity index (χ2n) is 11.6. The first-order valence-electron chi connectivity index (χ1n) is 15.1. The van der Waals surface area contributed by atoms with Crippen LogP contribution >= 0.6 is 0 Å². The summed E-state index contributed by atoms with van der Waals surface area (Å²) >= 11 is 0. The van der Waals surface area contributed by atoms with Crippen molar-refractivity contribution in [3.8, 4) is 5.75 Å². The third-order valence-corrected chi connectivity index (χ3v) is 8.56. The standard InChI is InChI=1S/C32H44N4O7/c1-31(2)28-6-4-5-7-29(28)34(3)32(31)9-8-25-22-27(36(37)38)23-26(30(25)43-32)24-35-12-16-41-20-18-39-14-10-33-11-15-40-19-21-42-17-13-35/h4-9,22-23,33H,10-21,24H2,1-3H3. The number of ether oxygens (including phenoxy) is 5. The predicted octanol–water partition coefficient (Wildman–Crippen LogP) is 3.60. The Morgan fingerprint density at radius 3 is 2.16 bits per heavy atom. The Labute approximate surface area is 253 Å². The van der Waals surface area contributed by atoms with Crippen molar-refractivity contribution >= 4 is 17.5 Å². The molecule has 1 N–H and O–H groups in total. The molecule has 0 aromatic heterocycles. The van der Waals surface area contributed by atoms with E-state index in [1.807, 2.05) is 25.3 Å². The molecule has 0 bridgehead atoms. The summed E-state index contributed by atoms with van der Waals surface area (Å²) in [4.78, 5) is 16.0. The van der Waals surface area contributed by atoms with Crippen molar-refractivity contribution < 1.29 is 28.6 Å². The number of hydrogen-bond acceptors (Lipinski definition) is 10. The summed E-state index contributed by atoms with van der Waals surface area (Å²) in [6.45, 7) is 11.8. The van der Waals surface area contributed by atoms with E-state index in [1.54, 1.807) is 12.1 Å². The highest BCUT2D eigenvalue weighted by Crippen LogP contribution is 2.54. The van der Waals surface area contributed by atoms with Crippen LogP contribution in [0.15, 0.2) is 42.5 Å². The van der Waals surface area contributed by atoms with E-state index in [2.05, 4.69) is 47.2 Å². The maximum absolute atomic E-state index is 11.9. The van der Waals surface area contributed by atoms with Gasteiger partial charge >= 0.3 is 0 Å². The second-order valence-corrected chi connectivity index (χ2v) is 11.6. The van der Waals surface area contributed by atoms with Gasteiger partial charge in [-0.15, -0.1) is 0 Å². The van der Waals surface area contributed by atoms with Crippen LogP contribution in [0, 0.1) is 10.1 Å².